The molecule has 7 heteroatoms. The van der Waals surface area contributed by atoms with Crippen molar-refractivity contribution in [3.05, 3.63) is 23.5 Å². The van der Waals surface area contributed by atoms with Gasteiger partial charge < -0.3 is 10.1 Å². The van der Waals surface area contributed by atoms with Gasteiger partial charge in [0.15, 0.2) is 6.61 Å². The van der Waals surface area contributed by atoms with Gasteiger partial charge >= 0.3 is 6.18 Å². The standard InChI is InChI=1S/C14H19F3N2O2/c1-8(2)10(4)19-13(20)11-5-12(9(3)6-18-11)21-7-14(15,16)17/h5-6,8,10H,7H2,1-4H3,(H,19,20)/t10-/m1/s1. The van der Waals surface area contributed by atoms with Crippen molar-refractivity contribution in [2.75, 3.05) is 6.61 Å². The zero-order chi connectivity index (χ0) is 16.2. The summed E-state index contributed by atoms with van der Waals surface area (Å²) in [4.78, 5) is 15.9. The Morgan fingerprint density at radius 3 is 2.52 bits per heavy atom. The molecule has 21 heavy (non-hydrogen) atoms. The Labute approximate surface area is 121 Å². The second-order valence-electron chi connectivity index (χ2n) is 5.25. The van der Waals surface area contributed by atoms with Crippen LogP contribution in [0.1, 0.15) is 36.8 Å². The highest BCUT2D eigenvalue weighted by Crippen LogP contribution is 2.22. The van der Waals surface area contributed by atoms with Gasteiger partial charge in [-0.3, -0.25) is 9.78 Å². The van der Waals surface area contributed by atoms with Gasteiger partial charge in [-0.15, -0.1) is 0 Å². The molecule has 0 spiro atoms. The molecule has 1 heterocycles. The predicted octanol–water partition coefficient (Wildman–Crippen LogP) is 3.11. The Morgan fingerprint density at radius 2 is 2.00 bits per heavy atom. The number of nitrogens with one attached hydrogen (secondary N) is 1. The van der Waals surface area contributed by atoms with Gasteiger partial charge in [0.1, 0.15) is 11.4 Å². The van der Waals surface area contributed by atoms with Gasteiger partial charge in [0, 0.05) is 23.9 Å². The molecule has 1 amide bonds. The van der Waals surface area contributed by atoms with Crippen LogP contribution in [0.3, 0.4) is 0 Å². The lowest BCUT2D eigenvalue weighted by Gasteiger charge is -2.17. The van der Waals surface area contributed by atoms with Crippen LogP contribution in [0, 0.1) is 12.8 Å². The summed E-state index contributed by atoms with van der Waals surface area (Å²) in [5.74, 6) is -0.196. The molecule has 1 aromatic rings. The molecule has 0 unspecified atom stereocenters. The molecular formula is C14H19F3N2O2. The lowest BCUT2D eigenvalue weighted by molar-refractivity contribution is -0.153. The van der Waals surface area contributed by atoms with Gasteiger partial charge in [-0.1, -0.05) is 13.8 Å². The van der Waals surface area contributed by atoms with E-state index < -0.39 is 18.7 Å². The highest BCUT2D eigenvalue weighted by atomic mass is 19.4. The third-order valence-electron chi connectivity index (χ3n) is 3.04. The monoisotopic (exact) mass is 304 g/mol. The van der Waals surface area contributed by atoms with Crippen molar-refractivity contribution in [1.82, 2.24) is 10.3 Å². The van der Waals surface area contributed by atoms with Crippen molar-refractivity contribution < 1.29 is 22.7 Å². The number of rotatable bonds is 5. The number of aryl methyl sites for hydroxylation is 1. The first-order valence-corrected chi connectivity index (χ1v) is 6.57. The van der Waals surface area contributed by atoms with Gasteiger partial charge in [-0.05, 0) is 19.8 Å². The molecule has 4 nitrogen and oxygen atoms in total. The van der Waals surface area contributed by atoms with Crippen LogP contribution in [0.15, 0.2) is 12.3 Å². The molecule has 0 aromatic carbocycles. The summed E-state index contributed by atoms with van der Waals surface area (Å²) < 4.78 is 41.2. The number of amides is 1. The number of aromatic nitrogens is 1. The third-order valence-corrected chi connectivity index (χ3v) is 3.04. The van der Waals surface area contributed by atoms with E-state index in [4.69, 9.17) is 4.74 Å². The number of pyridine rings is 1. The molecule has 0 aliphatic carbocycles. The zero-order valence-corrected chi connectivity index (χ0v) is 12.4. The maximum absolute atomic E-state index is 12.2. The molecule has 0 radical (unpaired) electrons. The molecule has 1 atom stereocenters. The Kier molecular flexibility index (Phi) is 5.57. The summed E-state index contributed by atoms with van der Waals surface area (Å²) in [6.45, 7) is 5.91. The van der Waals surface area contributed by atoms with E-state index in [9.17, 15) is 18.0 Å². The molecule has 1 N–H and O–H groups in total. The van der Waals surface area contributed by atoms with E-state index in [1.54, 1.807) is 6.92 Å². The zero-order valence-electron chi connectivity index (χ0n) is 12.4. The van der Waals surface area contributed by atoms with E-state index in [2.05, 4.69) is 10.3 Å². The second-order valence-corrected chi connectivity index (χ2v) is 5.25. The minimum absolute atomic E-state index is 0.00433. The molecule has 0 aliphatic rings. The maximum Gasteiger partial charge on any atom is 0.422 e. The summed E-state index contributed by atoms with van der Waals surface area (Å²) >= 11 is 0. The molecular weight excluding hydrogens is 285 g/mol. The van der Waals surface area contributed by atoms with Crippen LogP contribution in [0.4, 0.5) is 13.2 Å². The van der Waals surface area contributed by atoms with E-state index in [0.717, 1.165) is 0 Å². The van der Waals surface area contributed by atoms with Crippen molar-refractivity contribution in [1.29, 1.82) is 0 Å². The van der Waals surface area contributed by atoms with Crippen LogP contribution >= 0.6 is 0 Å². The molecule has 0 bridgehead atoms. The highest BCUT2D eigenvalue weighted by molar-refractivity contribution is 5.92. The summed E-state index contributed by atoms with van der Waals surface area (Å²) in [5.41, 5.74) is 0.470. The van der Waals surface area contributed by atoms with Crippen LogP contribution in [-0.4, -0.2) is 29.7 Å². The van der Waals surface area contributed by atoms with Gasteiger partial charge in [-0.25, -0.2) is 0 Å². The molecule has 118 valence electrons. The Bertz CT molecular complexity index is 501. The SMILES string of the molecule is Cc1cnc(C(=O)N[C@H](C)C(C)C)cc1OCC(F)(F)F. The van der Waals surface area contributed by atoms with Crippen LogP contribution in [-0.2, 0) is 0 Å². The number of carbonyl (C=O) groups is 1. The normalized spacial score (nSPS) is 13.1. The highest BCUT2D eigenvalue weighted by Gasteiger charge is 2.29. The number of alkyl halides is 3. The van der Waals surface area contributed by atoms with Gasteiger partial charge in [0.2, 0.25) is 0 Å². The van der Waals surface area contributed by atoms with Gasteiger partial charge in [0.25, 0.3) is 5.91 Å². The first kappa shape index (κ1) is 17.3. The van der Waals surface area contributed by atoms with E-state index in [1.165, 1.54) is 12.3 Å². The lowest BCUT2D eigenvalue weighted by Crippen LogP contribution is -2.36. The number of hydrogen-bond donors (Lipinski definition) is 1. The molecule has 0 saturated heterocycles. The number of nitrogens with zero attached hydrogens (tertiary/aromatic N) is 1. The predicted molar refractivity (Wildman–Crippen MR) is 72.3 cm³/mol. The fraction of sp³-hybridized carbons (Fsp3) is 0.571. The molecule has 0 fully saturated rings. The molecule has 1 aromatic heterocycles. The Morgan fingerprint density at radius 1 is 1.38 bits per heavy atom. The lowest BCUT2D eigenvalue weighted by atomic mass is 10.1. The van der Waals surface area contributed by atoms with Crippen LogP contribution in [0.5, 0.6) is 5.75 Å². The van der Waals surface area contributed by atoms with Gasteiger partial charge in [-0.2, -0.15) is 13.2 Å². The van der Waals surface area contributed by atoms with E-state index in [0.29, 0.717) is 5.56 Å². The Hall–Kier alpha value is -1.79. The fourth-order valence-electron chi connectivity index (χ4n) is 1.39. The minimum atomic E-state index is -4.43. The molecule has 0 saturated carbocycles. The van der Waals surface area contributed by atoms with E-state index >= 15 is 0 Å². The number of hydrogen-bond acceptors (Lipinski definition) is 3. The smallest absolute Gasteiger partial charge is 0.422 e. The van der Waals surface area contributed by atoms with Crippen molar-refractivity contribution in [3.63, 3.8) is 0 Å². The second kappa shape index (κ2) is 6.78. The van der Waals surface area contributed by atoms with Crippen LogP contribution in [0.2, 0.25) is 0 Å². The van der Waals surface area contributed by atoms with Crippen LogP contribution < -0.4 is 10.1 Å². The van der Waals surface area contributed by atoms with E-state index in [1.807, 2.05) is 20.8 Å². The average molecular weight is 304 g/mol. The Balaban J connectivity index is 2.83. The fourth-order valence-corrected chi connectivity index (χ4v) is 1.39. The maximum atomic E-state index is 12.2. The van der Waals surface area contributed by atoms with Crippen molar-refractivity contribution in [3.8, 4) is 5.75 Å². The largest absolute Gasteiger partial charge is 0.484 e. The quantitative estimate of drug-likeness (QED) is 0.909. The summed E-state index contributed by atoms with van der Waals surface area (Å²) in [6, 6.07) is 1.16. The van der Waals surface area contributed by atoms with Crippen molar-refractivity contribution >= 4 is 5.91 Å². The first-order valence-electron chi connectivity index (χ1n) is 6.57. The third kappa shape index (κ3) is 5.61. The number of ether oxygens (including phenoxy) is 1. The summed E-state index contributed by atoms with van der Waals surface area (Å²) in [5, 5.41) is 2.74. The molecule has 1 rings (SSSR count). The van der Waals surface area contributed by atoms with Gasteiger partial charge in [0.05, 0.1) is 0 Å². The topological polar surface area (TPSA) is 51.2 Å². The summed E-state index contributed by atoms with van der Waals surface area (Å²) in [7, 11) is 0. The summed E-state index contributed by atoms with van der Waals surface area (Å²) in [6.07, 6.45) is -3.11. The molecule has 0 aliphatic heterocycles. The number of halogens is 3. The van der Waals surface area contributed by atoms with Crippen molar-refractivity contribution in [2.24, 2.45) is 5.92 Å². The number of carbonyl (C=O) groups excluding carboxylic acids is 1. The van der Waals surface area contributed by atoms with E-state index in [-0.39, 0.29) is 23.4 Å². The van der Waals surface area contributed by atoms with Crippen molar-refractivity contribution in [2.45, 2.75) is 39.9 Å². The van der Waals surface area contributed by atoms with Crippen LogP contribution in [0.25, 0.3) is 0 Å². The minimum Gasteiger partial charge on any atom is -0.484 e. The first-order chi connectivity index (χ1) is 9.60. The average Bonchev–Trinajstić information content (AvgIpc) is 2.36.